The molecular formula is C13H12ClN3O. The highest BCUT2D eigenvalue weighted by atomic mass is 35.5. The minimum atomic E-state index is -0.440. The van der Waals surface area contributed by atoms with Crippen LogP contribution in [0.4, 0.5) is 0 Å². The Kier molecular flexibility index (Phi) is 5.02. The lowest BCUT2D eigenvalue weighted by atomic mass is 10.1. The highest BCUT2D eigenvalue weighted by Gasteiger charge is 2.03. The Morgan fingerprint density at radius 1 is 1.17 bits per heavy atom. The van der Waals surface area contributed by atoms with Crippen LogP contribution in [-0.2, 0) is 0 Å². The van der Waals surface area contributed by atoms with E-state index in [0.717, 1.165) is 11.3 Å². The van der Waals surface area contributed by atoms with Gasteiger partial charge in [-0.1, -0.05) is 24.3 Å². The van der Waals surface area contributed by atoms with Crippen LogP contribution < -0.4 is 5.73 Å². The summed E-state index contributed by atoms with van der Waals surface area (Å²) < 4.78 is 0. The van der Waals surface area contributed by atoms with E-state index in [2.05, 4.69) is 9.97 Å². The van der Waals surface area contributed by atoms with Gasteiger partial charge in [0.15, 0.2) is 0 Å². The Labute approximate surface area is 111 Å². The van der Waals surface area contributed by atoms with Crippen LogP contribution in [-0.4, -0.2) is 15.9 Å². The molecule has 2 rings (SSSR count). The molecule has 1 aromatic carbocycles. The molecular weight excluding hydrogens is 250 g/mol. The number of benzene rings is 1. The number of carbonyl (C=O) groups is 1. The lowest BCUT2D eigenvalue weighted by molar-refractivity contribution is 0.1000. The largest absolute Gasteiger partial charge is 0.366 e. The van der Waals surface area contributed by atoms with E-state index in [4.69, 9.17) is 5.73 Å². The fourth-order valence-corrected chi connectivity index (χ4v) is 1.44. The Balaban J connectivity index is 0.00000162. The molecule has 0 bridgehead atoms. The average molecular weight is 262 g/mol. The fourth-order valence-electron chi connectivity index (χ4n) is 1.44. The molecule has 0 aliphatic rings. The maximum Gasteiger partial charge on any atom is 0.249 e. The van der Waals surface area contributed by atoms with Crippen molar-refractivity contribution in [2.24, 2.45) is 5.73 Å². The Morgan fingerprint density at radius 2 is 1.94 bits per heavy atom. The quantitative estimate of drug-likeness (QED) is 0.921. The standard InChI is InChI=1S/C13H11N3O.ClH/c14-13(17)12-4-2-1-3-10(12)5-6-11-9-15-7-8-16-11;/h1-9H,(H2,14,17);1H. The van der Waals surface area contributed by atoms with Gasteiger partial charge in [0.05, 0.1) is 11.9 Å². The van der Waals surface area contributed by atoms with Gasteiger partial charge in [-0.25, -0.2) is 0 Å². The van der Waals surface area contributed by atoms with Crippen LogP contribution in [0.5, 0.6) is 0 Å². The molecule has 0 atom stereocenters. The number of amides is 1. The van der Waals surface area contributed by atoms with Gasteiger partial charge in [0.1, 0.15) is 0 Å². The lowest BCUT2D eigenvalue weighted by Crippen LogP contribution is -2.12. The van der Waals surface area contributed by atoms with Gasteiger partial charge in [0, 0.05) is 18.0 Å². The van der Waals surface area contributed by atoms with Gasteiger partial charge in [-0.05, 0) is 17.7 Å². The molecule has 1 amide bonds. The van der Waals surface area contributed by atoms with E-state index < -0.39 is 5.91 Å². The summed E-state index contributed by atoms with van der Waals surface area (Å²) in [5.74, 6) is -0.440. The van der Waals surface area contributed by atoms with Gasteiger partial charge in [-0.15, -0.1) is 12.4 Å². The predicted octanol–water partition coefficient (Wildman–Crippen LogP) is 2.17. The van der Waals surface area contributed by atoms with Crippen molar-refractivity contribution in [3.8, 4) is 0 Å². The van der Waals surface area contributed by atoms with E-state index >= 15 is 0 Å². The van der Waals surface area contributed by atoms with E-state index in [1.165, 1.54) is 0 Å². The molecule has 5 heteroatoms. The van der Waals surface area contributed by atoms with Crippen LogP contribution in [0.15, 0.2) is 42.9 Å². The van der Waals surface area contributed by atoms with Gasteiger partial charge >= 0.3 is 0 Å². The molecule has 92 valence electrons. The summed E-state index contributed by atoms with van der Waals surface area (Å²) in [5, 5.41) is 0. The highest BCUT2D eigenvalue weighted by molar-refractivity contribution is 5.97. The number of nitrogens with zero attached hydrogens (tertiary/aromatic N) is 2. The van der Waals surface area contributed by atoms with E-state index in [1.54, 1.807) is 42.9 Å². The van der Waals surface area contributed by atoms with E-state index in [-0.39, 0.29) is 12.4 Å². The summed E-state index contributed by atoms with van der Waals surface area (Å²) in [5.41, 5.74) is 7.27. The molecule has 1 aromatic heterocycles. The second-order valence-electron chi connectivity index (χ2n) is 3.42. The normalized spacial score (nSPS) is 10.0. The molecule has 0 fully saturated rings. The molecule has 0 saturated heterocycles. The van der Waals surface area contributed by atoms with Crippen molar-refractivity contribution < 1.29 is 4.79 Å². The second kappa shape index (κ2) is 6.51. The molecule has 0 aliphatic carbocycles. The fraction of sp³-hybridized carbons (Fsp3) is 0. The van der Waals surface area contributed by atoms with Crippen molar-refractivity contribution in [2.45, 2.75) is 0 Å². The first kappa shape index (κ1) is 13.9. The van der Waals surface area contributed by atoms with Gasteiger partial charge in [0.25, 0.3) is 0 Å². The third kappa shape index (κ3) is 3.40. The van der Waals surface area contributed by atoms with Crippen molar-refractivity contribution in [1.29, 1.82) is 0 Å². The van der Waals surface area contributed by atoms with Crippen LogP contribution in [0, 0.1) is 0 Å². The molecule has 4 nitrogen and oxygen atoms in total. The number of halogens is 1. The Bertz CT molecular complexity index is 555. The topological polar surface area (TPSA) is 68.9 Å². The van der Waals surface area contributed by atoms with Crippen LogP contribution in [0.3, 0.4) is 0 Å². The van der Waals surface area contributed by atoms with Gasteiger partial charge in [-0.3, -0.25) is 14.8 Å². The first-order chi connectivity index (χ1) is 8.27. The monoisotopic (exact) mass is 261 g/mol. The van der Waals surface area contributed by atoms with Crippen molar-refractivity contribution in [3.05, 3.63) is 59.7 Å². The predicted molar refractivity (Wildman–Crippen MR) is 73.2 cm³/mol. The lowest BCUT2D eigenvalue weighted by Gasteiger charge is -2.00. The first-order valence-electron chi connectivity index (χ1n) is 5.10. The summed E-state index contributed by atoms with van der Waals surface area (Å²) in [6.45, 7) is 0. The third-order valence-electron chi connectivity index (χ3n) is 2.24. The highest BCUT2D eigenvalue weighted by Crippen LogP contribution is 2.11. The average Bonchev–Trinajstić information content (AvgIpc) is 2.38. The second-order valence-corrected chi connectivity index (χ2v) is 3.42. The maximum absolute atomic E-state index is 11.2. The number of hydrogen-bond acceptors (Lipinski definition) is 3. The van der Waals surface area contributed by atoms with Gasteiger partial charge in [0.2, 0.25) is 5.91 Å². The van der Waals surface area contributed by atoms with Gasteiger partial charge in [-0.2, -0.15) is 0 Å². The zero-order valence-corrected chi connectivity index (χ0v) is 10.3. The Morgan fingerprint density at radius 3 is 2.61 bits per heavy atom. The summed E-state index contributed by atoms with van der Waals surface area (Å²) in [7, 11) is 0. The maximum atomic E-state index is 11.2. The summed E-state index contributed by atoms with van der Waals surface area (Å²) in [6.07, 6.45) is 8.44. The zero-order chi connectivity index (χ0) is 12.1. The molecule has 2 aromatic rings. The minimum Gasteiger partial charge on any atom is -0.366 e. The number of nitrogens with two attached hydrogens (primary N) is 1. The van der Waals surface area contributed by atoms with E-state index in [0.29, 0.717) is 5.56 Å². The summed E-state index contributed by atoms with van der Waals surface area (Å²) in [4.78, 5) is 19.2. The Hall–Kier alpha value is -2.20. The summed E-state index contributed by atoms with van der Waals surface area (Å²) in [6, 6.07) is 7.15. The molecule has 1 heterocycles. The minimum absolute atomic E-state index is 0. The van der Waals surface area contributed by atoms with Crippen LogP contribution in [0.1, 0.15) is 21.6 Å². The van der Waals surface area contributed by atoms with Crippen molar-refractivity contribution in [2.75, 3.05) is 0 Å². The number of rotatable bonds is 3. The molecule has 0 unspecified atom stereocenters. The summed E-state index contributed by atoms with van der Waals surface area (Å²) >= 11 is 0. The molecule has 0 spiro atoms. The first-order valence-corrected chi connectivity index (χ1v) is 5.10. The number of primary amides is 1. The number of carbonyl (C=O) groups excluding carboxylic acids is 1. The molecule has 0 radical (unpaired) electrons. The number of hydrogen-bond donors (Lipinski definition) is 1. The SMILES string of the molecule is Cl.NC(=O)c1ccccc1C=Cc1cnccn1. The third-order valence-corrected chi connectivity index (χ3v) is 2.24. The molecule has 0 aliphatic heterocycles. The smallest absolute Gasteiger partial charge is 0.249 e. The number of aromatic nitrogens is 2. The van der Waals surface area contributed by atoms with Crippen molar-refractivity contribution in [3.63, 3.8) is 0 Å². The van der Waals surface area contributed by atoms with Crippen LogP contribution in [0.2, 0.25) is 0 Å². The molecule has 0 saturated carbocycles. The molecule has 18 heavy (non-hydrogen) atoms. The van der Waals surface area contributed by atoms with Gasteiger partial charge < -0.3 is 5.73 Å². The van der Waals surface area contributed by atoms with Crippen molar-refractivity contribution in [1.82, 2.24) is 9.97 Å². The molecule has 2 N–H and O–H groups in total. The van der Waals surface area contributed by atoms with E-state index in [9.17, 15) is 4.79 Å². The zero-order valence-electron chi connectivity index (χ0n) is 9.48. The van der Waals surface area contributed by atoms with Crippen LogP contribution >= 0.6 is 12.4 Å². The van der Waals surface area contributed by atoms with E-state index in [1.807, 2.05) is 12.1 Å². The van der Waals surface area contributed by atoms with Crippen LogP contribution in [0.25, 0.3) is 12.2 Å². The van der Waals surface area contributed by atoms with Crippen molar-refractivity contribution >= 4 is 30.5 Å².